The maximum atomic E-state index is 14.5. The lowest BCUT2D eigenvalue weighted by Gasteiger charge is -2.17. The van der Waals surface area contributed by atoms with Crippen LogP contribution in [0.5, 0.6) is 5.75 Å². The molecular formula is C22H17ClFNO5S. The number of esters is 1. The first-order valence-electron chi connectivity index (χ1n) is 9.25. The quantitative estimate of drug-likeness (QED) is 0.533. The molecule has 4 bridgehead atoms. The molecule has 0 spiro atoms. The summed E-state index contributed by atoms with van der Waals surface area (Å²) in [6.07, 6.45) is 0.414. The molecule has 9 heteroatoms. The number of sulfonamides is 1. The zero-order valence-electron chi connectivity index (χ0n) is 16.3. The van der Waals surface area contributed by atoms with Gasteiger partial charge in [0.15, 0.2) is 5.75 Å². The van der Waals surface area contributed by atoms with Gasteiger partial charge in [0.1, 0.15) is 10.7 Å². The molecule has 0 saturated carbocycles. The fourth-order valence-electron chi connectivity index (χ4n) is 3.41. The van der Waals surface area contributed by atoms with E-state index in [1.165, 1.54) is 25.3 Å². The Kier molecular flexibility index (Phi) is 5.60. The van der Waals surface area contributed by atoms with Crippen LogP contribution < -0.4 is 9.46 Å². The van der Waals surface area contributed by atoms with E-state index in [1.807, 2.05) is 24.3 Å². The maximum absolute atomic E-state index is 14.5. The molecule has 1 aliphatic heterocycles. The Morgan fingerprint density at radius 2 is 1.87 bits per heavy atom. The van der Waals surface area contributed by atoms with Crippen molar-refractivity contribution >= 4 is 33.3 Å². The Bertz CT molecular complexity index is 1290. The summed E-state index contributed by atoms with van der Waals surface area (Å²) in [5.74, 6) is -1.66. The number of nitrogens with one attached hydrogen (secondary N) is 1. The number of ether oxygens (including phenoxy) is 2. The summed E-state index contributed by atoms with van der Waals surface area (Å²) < 4.78 is 53.5. The van der Waals surface area contributed by atoms with Crippen molar-refractivity contribution in [2.24, 2.45) is 0 Å². The van der Waals surface area contributed by atoms with Crippen LogP contribution in [0.25, 0.3) is 11.1 Å². The Labute approximate surface area is 183 Å². The number of carbonyl (C=O) groups is 1. The predicted octanol–water partition coefficient (Wildman–Crippen LogP) is 4.67. The number of rotatable bonds is 1. The molecule has 4 rings (SSSR count). The van der Waals surface area contributed by atoms with Gasteiger partial charge >= 0.3 is 5.97 Å². The second kappa shape index (κ2) is 8.20. The van der Waals surface area contributed by atoms with E-state index in [0.29, 0.717) is 12.0 Å². The molecule has 6 nitrogen and oxygen atoms in total. The van der Waals surface area contributed by atoms with E-state index in [0.717, 1.165) is 17.2 Å². The lowest BCUT2D eigenvalue weighted by molar-refractivity contribution is 0.0509. The van der Waals surface area contributed by atoms with Gasteiger partial charge in [-0.3, -0.25) is 4.72 Å². The molecule has 0 unspecified atom stereocenters. The summed E-state index contributed by atoms with van der Waals surface area (Å²) in [7, 11) is -3.12. The van der Waals surface area contributed by atoms with Crippen LogP contribution in [-0.2, 0) is 21.2 Å². The van der Waals surface area contributed by atoms with Gasteiger partial charge in [0.25, 0.3) is 10.0 Å². The topological polar surface area (TPSA) is 81.7 Å². The smallest absolute Gasteiger partial charge is 0.338 e. The summed E-state index contributed by atoms with van der Waals surface area (Å²) in [6, 6.07) is 13.9. The van der Waals surface area contributed by atoms with Gasteiger partial charge in [-0.2, -0.15) is 0 Å². The Morgan fingerprint density at radius 1 is 1.10 bits per heavy atom. The molecule has 0 saturated heterocycles. The van der Waals surface area contributed by atoms with Crippen molar-refractivity contribution in [3.8, 4) is 16.9 Å². The molecule has 1 heterocycles. The third-order valence-electron chi connectivity index (χ3n) is 4.88. The minimum Gasteiger partial charge on any atom is -0.494 e. The average molecular weight is 462 g/mol. The van der Waals surface area contributed by atoms with E-state index in [1.54, 1.807) is 6.07 Å². The summed E-state index contributed by atoms with van der Waals surface area (Å²) >= 11 is 6.16. The highest BCUT2D eigenvalue weighted by molar-refractivity contribution is 7.92. The highest BCUT2D eigenvalue weighted by atomic mass is 35.5. The van der Waals surface area contributed by atoms with E-state index in [4.69, 9.17) is 21.1 Å². The molecule has 3 aromatic rings. The monoisotopic (exact) mass is 461 g/mol. The molecular weight excluding hydrogens is 445 g/mol. The van der Waals surface area contributed by atoms with Crippen molar-refractivity contribution in [2.45, 2.75) is 11.3 Å². The summed E-state index contributed by atoms with van der Waals surface area (Å²) in [4.78, 5) is 12.1. The lowest BCUT2D eigenvalue weighted by atomic mass is 9.97. The van der Waals surface area contributed by atoms with Crippen LogP contribution in [0, 0.1) is 5.82 Å². The molecule has 0 aliphatic carbocycles. The molecule has 0 atom stereocenters. The Balaban J connectivity index is 1.95. The minimum absolute atomic E-state index is 0.0634. The van der Waals surface area contributed by atoms with E-state index in [9.17, 15) is 17.6 Å². The first kappa shape index (κ1) is 21.1. The van der Waals surface area contributed by atoms with Crippen LogP contribution in [0.15, 0.2) is 59.5 Å². The normalized spacial score (nSPS) is 15.1. The average Bonchev–Trinajstić information content (AvgIpc) is 2.74. The number of anilines is 1. The second-order valence-corrected chi connectivity index (χ2v) is 8.89. The molecule has 160 valence electrons. The van der Waals surface area contributed by atoms with Gasteiger partial charge in [0.2, 0.25) is 0 Å². The maximum Gasteiger partial charge on any atom is 0.338 e. The van der Waals surface area contributed by atoms with Gasteiger partial charge in [-0.1, -0.05) is 41.9 Å². The molecule has 1 N–H and O–H groups in total. The number of benzene rings is 3. The zero-order chi connectivity index (χ0) is 22.2. The van der Waals surface area contributed by atoms with E-state index in [2.05, 4.69) is 4.72 Å². The molecule has 0 fully saturated rings. The first-order chi connectivity index (χ1) is 14.8. The highest BCUT2D eigenvalue weighted by Gasteiger charge is 2.26. The summed E-state index contributed by atoms with van der Waals surface area (Å²) in [6.45, 7) is 0.0634. The first-order valence-corrected chi connectivity index (χ1v) is 11.1. The van der Waals surface area contributed by atoms with Gasteiger partial charge in [0.05, 0.1) is 30.0 Å². The van der Waals surface area contributed by atoms with Crippen LogP contribution in [0.2, 0.25) is 5.02 Å². The highest BCUT2D eigenvalue weighted by Crippen LogP contribution is 2.36. The number of cyclic esters (lactones) is 1. The SMILES string of the molecule is COc1c(Cl)cc2cc1S(=O)(=O)Nc1cc(ccc1F)-c1ccccc1CCOC2=O. The fraction of sp³-hybridized carbons (Fsp3) is 0.136. The number of hydrogen-bond donors (Lipinski definition) is 1. The third-order valence-corrected chi connectivity index (χ3v) is 6.53. The largest absolute Gasteiger partial charge is 0.494 e. The standard InChI is InChI=1S/C22H17ClFNO5S/c1-29-21-17(23)10-15-12-20(21)31(27,28)25-19-11-14(6-7-18(19)24)16-5-3-2-4-13(16)8-9-30-22(15)26/h2-7,10-12,25H,8-9H2,1H3. The van der Waals surface area contributed by atoms with Crippen molar-refractivity contribution in [3.05, 3.63) is 76.6 Å². The Morgan fingerprint density at radius 3 is 2.65 bits per heavy atom. The summed E-state index contributed by atoms with van der Waals surface area (Å²) in [5.41, 5.74) is 1.94. The van der Waals surface area contributed by atoms with E-state index < -0.39 is 26.7 Å². The van der Waals surface area contributed by atoms with Crippen molar-refractivity contribution in [2.75, 3.05) is 18.4 Å². The number of hydrogen-bond acceptors (Lipinski definition) is 5. The van der Waals surface area contributed by atoms with Crippen LogP contribution in [0.1, 0.15) is 15.9 Å². The predicted molar refractivity (Wildman–Crippen MR) is 115 cm³/mol. The van der Waals surface area contributed by atoms with Gasteiger partial charge in [-0.05, 0) is 41.0 Å². The number of methoxy groups -OCH3 is 1. The minimum atomic E-state index is -4.36. The second-order valence-electron chi connectivity index (χ2n) is 6.83. The number of halogens is 2. The Hall–Kier alpha value is -3.10. The molecule has 31 heavy (non-hydrogen) atoms. The van der Waals surface area contributed by atoms with Crippen molar-refractivity contribution in [1.29, 1.82) is 0 Å². The molecule has 0 radical (unpaired) electrons. The van der Waals surface area contributed by atoms with E-state index >= 15 is 0 Å². The molecule has 0 aromatic heterocycles. The van der Waals surface area contributed by atoms with Crippen molar-refractivity contribution < 1.29 is 27.1 Å². The van der Waals surface area contributed by atoms with Crippen LogP contribution >= 0.6 is 11.6 Å². The molecule has 1 aliphatic rings. The van der Waals surface area contributed by atoms with Crippen molar-refractivity contribution in [3.63, 3.8) is 0 Å². The lowest BCUT2D eigenvalue weighted by Crippen LogP contribution is -2.17. The zero-order valence-corrected chi connectivity index (χ0v) is 17.9. The third kappa shape index (κ3) is 4.08. The molecule has 0 amide bonds. The van der Waals surface area contributed by atoms with Gasteiger partial charge < -0.3 is 9.47 Å². The fourth-order valence-corrected chi connectivity index (χ4v) is 5.04. The number of carbonyl (C=O) groups excluding carboxylic acids is 1. The van der Waals surface area contributed by atoms with Crippen LogP contribution in [0.4, 0.5) is 10.1 Å². The molecule has 3 aromatic carbocycles. The van der Waals surface area contributed by atoms with Crippen molar-refractivity contribution in [1.82, 2.24) is 0 Å². The van der Waals surface area contributed by atoms with Gasteiger partial charge in [-0.25, -0.2) is 17.6 Å². The van der Waals surface area contributed by atoms with Gasteiger partial charge in [0, 0.05) is 6.42 Å². The van der Waals surface area contributed by atoms with Gasteiger partial charge in [-0.15, -0.1) is 0 Å². The van der Waals surface area contributed by atoms with Crippen LogP contribution in [0.3, 0.4) is 0 Å². The van der Waals surface area contributed by atoms with E-state index in [-0.39, 0.29) is 28.6 Å². The van der Waals surface area contributed by atoms with Crippen LogP contribution in [-0.4, -0.2) is 28.1 Å². The number of fused-ring (bicyclic) bond motifs is 6. The summed E-state index contributed by atoms with van der Waals surface area (Å²) in [5, 5.41) is -0.0935.